The van der Waals surface area contributed by atoms with E-state index in [1.54, 1.807) is 11.9 Å². The summed E-state index contributed by atoms with van der Waals surface area (Å²) < 4.78 is 23.4. The van der Waals surface area contributed by atoms with Crippen LogP contribution in [0.3, 0.4) is 0 Å². The lowest BCUT2D eigenvalue weighted by Gasteiger charge is -2.38. The number of aryl methyl sites for hydroxylation is 1. The van der Waals surface area contributed by atoms with Gasteiger partial charge < -0.3 is 14.7 Å². The molecule has 7 heteroatoms. The van der Waals surface area contributed by atoms with Crippen molar-refractivity contribution >= 4 is 21.4 Å². The maximum atomic E-state index is 12.9. The third kappa shape index (κ3) is 4.29. The zero-order valence-corrected chi connectivity index (χ0v) is 17.7. The van der Waals surface area contributed by atoms with E-state index in [2.05, 4.69) is 36.9 Å². The lowest BCUT2D eigenvalue weighted by atomic mass is 10.1. The maximum Gasteiger partial charge on any atom is 0.280 e. The number of likely N-dealkylation sites (N-methyl/N-ethyl adjacent to an activating group) is 1. The number of hydrogen-bond donors (Lipinski definition) is 1. The van der Waals surface area contributed by atoms with E-state index in [0.29, 0.717) is 6.42 Å². The van der Waals surface area contributed by atoms with Gasteiger partial charge in [-0.25, -0.2) is 8.42 Å². The predicted molar refractivity (Wildman–Crippen MR) is 108 cm³/mol. The molecule has 2 fully saturated rings. The quantitative estimate of drug-likeness (QED) is 0.784. The molecule has 2 aliphatic heterocycles. The smallest absolute Gasteiger partial charge is 0.280 e. The van der Waals surface area contributed by atoms with E-state index in [-0.39, 0.29) is 29.5 Å². The van der Waals surface area contributed by atoms with Crippen LogP contribution in [-0.2, 0) is 14.6 Å². The molecule has 0 aromatic heterocycles. The number of nitrogens with one attached hydrogen (secondary N) is 1. The van der Waals surface area contributed by atoms with Crippen molar-refractivity contribution in [3.8, 4) is 0 Å². The third-order valence-electron chi connectivity index (χ3n) is 6.41. The minimum absolute atomic E-state index is 0.0623. The normalized spacial score (nSPS) is 24.0. The van der Waals surface area contributed by atoms with Crippen LogP contribution in [0.5, 0.6) is 0 Å². The summed E-state index contributed by atoms with van der Waals surface area (Å²) in [6.07, 6.45) is 0.563. The van der Waals surface area contributed by atoms with E-state index >= 15 is 0 Å². The standard InChI is InChI=1S/C20H31N3O3S/c1-15-6-5-7-19(16(15)2)23-11-9-22(10-12-23)17(3)20(24)21(4)18-8-13-27(25,26)14-18/h5-7,17-18H,8-14H2,1-4H3/p+1/t17-,18+/m1/s1. The van der Waals surface area contributed by atoms with E-state index < -0.39 is 9.84 Å². The second-order valence-corrected chi connectivity index (χ2v) is 10.3. The van der Waals surface area contributed by atoms with Crippen molar-refractivity contribution in [3.63, 3.8) is 0 Å². The van der Waals surface area contributed by atoms with Gasteiger partial charge in [-0.15, -0.1) is 0 Å². The lowest BCUT2D eigenvalue weighted by molar-refractivity contribution is -0.915. The van der Waals surface area contributed by atoms with Crippen LogP contribution in [0, 0.1) is 13.8 Å². The van der Waals surface area contributed by atoms with Crippen molar-refractivity contribution in [2.75, 3.05) is 49.6 Å². The Labute approximate surface area is 163 Å². The zero-order valence-electron chi connectivity index (χ0n) is 16.9. The largest absolute Gasteiger partial charge is 0.360 e. The van der Waals surface area contributed by atoms with Gasteiger partial charge in [-0.1, -0.05) is 12.1 Å². The zero-order chi connectivity index (χ0) is 19.8. The Morgan fingerprint density at radius 3 is 2.52 bits per heavy atom. The molecule has 1 aromatic carbocycles. The first-order valence-electron chi connectivity index (χ1n) is 9.82. The summed E-state index contributed by atoms with van der Waals surface area (Å²) in [6.45, 7) is 9.97. The van der Waals surface area contributed by atoms with Crippen molar-refractivity contribution in [1.82, 2.24) is 4.90 Å². The molecule has 0 spiro atoms. The Kier molecular flexibility index (Phi) is 5.82. The van der Waals surface area contributed by atoms with Crippen molar-refractivity contribution in [3.05, 3.63) is 29.3 Å². The number of piperazine rings is 1. The van der Waals surface area contributed by atoms with E-state index in [4.69, 9.17) is 0 Å². The summed E-state index contributed by atoms with van der Waals surface area (Å²) in [5.74, 6) is 0.371. The predicted octanol–water partition coefficient (Wildman–Crippen LogP) is 0.0423. The number of hydrogen-bond acceptors (Lipinski definition) is 4. The first kappa shape index (κ1) is 20.1. The monoisotopic (exact) mass is 394 g/mol. The third-order valence-corrected chi connectivity index (χ3v) is 8.16. The van der Waals surface area contributed by atoms with E-state index in [9.17, 15) is 13.2 Å². The Morgan fingerprint density at radius 1 is 1.26 bits per heavy atom. The van der Waals surface area contributed by atoms with Gasteiger partial charge >= 0.3 is 0 Å². The van der Waals surface area contributed by atoms with Crippen molar-refractivity contribution in [2.24, 2.45) is 0 Å². The molecule has 0 aliphatic carbocycles. The van der Waals surface area contributed by atoms with Crippen molar-refractivity contribution in [2.45, 2.75) is 39.3 Å². The van der Waals surface area contributed by atoms with Gasteiger partial charge in [0.25, 0.3) is 5.91 Å². The molecular weight excluding hydrogens is 362 g/mol. The van der Waals surface area contributed by atoms with Crippen molar-refractivity contribution in [1.29, 1.82) is 0 Å². The number of nitrogens with zero attached hydrogens (tertiary/aromatic N) is 2. The van der Waals surface area contributed by atoms with Gasteiger partial charge in [0.15, 0.2) is 15.9 Å². The first-order chi connectivity index (χ1) is 12.7. The average Bonchev–Trinajstić information content (AvgIpc) is 3.02. The lowest BCUT2D eigenvalue weighted by Crippen LogP contribution is -3.19. The van der Waals surface area contributed by atoms with Crippen LogP contribution in [0.4, 0.5) is 5.69 Å². The molecule has 0 bridgehead atoms. The van der Waals surface area contributed by atoms with Crippen LogP contribution >= 0.6 is 0 Å². The molecule has 2 heterocycles. The van der Waals surface area contributed by atoms with Crippen molar-refractivity contribution < 1.29 is 18.1 Å². The molecule has 2 saturated heterocycles. The topological polar surface area (TPSA) is 62.1 Å². The number of carbonyl (C=O) groups excluding carboxylic acids is 1. The highest BCUT2D eigenvalue weighted by Crippen LogP contribution is 2.22. The molecule has 6 nitrogen and oxygen atoms in total. The minimum atomic E-state index is -2.98. The minimum Gasteiger partial charge on any atom is -0.360 e. The second kappa shape index (κ2) is 7.80. The number of sulfone groups is 1. The fraction of sp³-hybridized carbons (Fsp3) is 0.650. The number of quaternary nitrogens is 1. The highest BCUT2D eigenvalue weighted by Gasteiger charge is 2.37. The van der Waals surface area contributed by atoms with Crippen LogP contribution in [0.1, 0.15) is 24.5 Å². The highest BCUT2D eigenvalue weighted by molar-refractivity contribution is 7.91. The van der Waals surface area contributed by atoms with Gasteiger partial charge in [0.1, 0.15) is 0 Å². The first-order valence-corrected chi connectivity index (χ1v) is 11.6. The van der Waals surface area contributed by atoms with Crippen LogP contribution in [0.25, 0.3) is 0 Å². The Hall–Kier alpha value is -1.60. The molecule has 0 saturated carbocycles. The molecule has 1 aromatic rings. The number of anilines is 1. The number of benzene rings is 1. The molecule has 27 heavy (non-hydrogen) atoms. The van der Waals surface area contributed by atoms with Gasteiger partial charge in [-0.3, -0.25) is 4.79 Å². The number of carbonyl (C=O) groups is 1. The SMILES string of the molecule is Cc1cccc(N2CC[NH+]([C@H](C)C(=O)N(C)[C@H]3CCS(=O)(=O)C3)CC2)c1C. The molecule has 2 aliphatic rings. The molecular formula is C20H32N3O3S+. The fourth-order valence-corrected chi connectivity index (χ4v) is 6.06. The molecule has 2 atom stereocenters. The summed E-state index contributed by atoms with van der Waals surface area (Å²) in [4.78, 5) is 18.3. The van der Waals surface area contributed by atoms with Gasteiger partial charge in [0.2, 0.25) is 0 Å². The van der Waals surface area contributed by atoms with Crippen LogP contribution < -0.4 is 9.80 Å². The Morgan fingerprint density at radius 2 is 1.93 bits per heavy atom. The van der Waals surface area contributed by atoms with Gasteiger partial charge in [0.05, 0.1) is 37.7 Å². The summed E-state index contributed by atoms with van der Waals surface area (Å²) in [7, 11) is -1.22. The highest BCUT2D eigenvalue weighted by atomic mass is 32.2. The van der Waals surface area contributed by atoms with Crippen LogP contribution in [-0.4, -0.2) is 76.0 Å². The number of amides is 1. The Bertz CT molecular complexity index is 801. The average molecular weight is 395 g/mol. The van der Waals surface area contributed by atoms with E-state index in [0.717, 1.165) is 26.2 Å². The molecule has 150 valence electrons. The van der Waals surface area contributed by atoms with Gasteiger partial charge in [-0.2, -0.15) is 0 Å². The summed E-state index contributed by atoms with van der Waals surface area (Å²) in [5.41, 5.74) is 3.92. The summed E-state index contributed by atoms with van der Waals surface area (Å²) in [5, 5.41) is 0. The maximum absolute atomic E-state index is 12.9. The van der Waals surface area contributed by atoms with E-state index in [1.807, 2.05) is 6.92 Å². The fourth-order valence-electron chi connectivity index (χ4n) is 4.29. The molecule has 1 amide bonds. The summed E-state index contributed by atoms with van der Waals surface area (Å²) in [6, 6.07) is 6.11. The van der Waals surface area contributed by atoms with Crippen LogP contribution in [0.15, 0.2) is 18.2 Å². The molecule has 0 unspecified atom stereocenters. The van der Waals surface area contributed by atoms with Gasteiger partial charge in [-0.05, 0) is 44.4 Å². The second-order valence-electron chi connectivity index (χ2n) is 8.09. The van der Waals surface area contributed by atoms with Gasteiger partial charge in [0, 0.05) is 18.8 Å². The Balaban J connectivity index is 1.59. The summed E-state index contributed by atoms with van der Waals surface area (Å²) >= 11 is 0. The molecule has 3 rings (SSSR count). The van der Waals surface area contributed by atoms with E-state index in [1.165, 1.54) is 21.7 Å². The number of rotatable bonds is 4. The molecule has 1 N–H and O–H groups in total. The van der Waals surface area contributed by atoms with Crippen LogP contribution in [0.2, 0.25) is 0 Å². The molecule has 0 radical (unpaired) electrons.